The molecule has 0 heterocycles. The summed E-state index contributed by atoms with van der Waals surface area (Å²) in [5.41, 5.74) is 3.63. The van der Waals surface area contributed by atoms with Gasteiger partial charge in [0, 0.05) is 24.7 Å². The molecule has 0 bridgehead atoms. The minimum absolute atomic E-state index is 0.0412. The largest absolute Gasteiger partial charge is 0.481 e. The maximum Gasteiger partial charge on any atom is 0.389 e. The van der Waals surface area contributed by atoms with Crippen molar-refractivity contribution in [3.8, 4) is 0 Å². The molecule has 2 aliphatic rings. The van der Waals surface area contributed by atoms with Crippen molar-refractivity contribution in [1.82, 2.24) is 0 Å². The number of carboxylic acid groups (broad SMARTS) is 1. The van der Waals surface area contributed by atoms with Crippen LogP contribution in [0.2, 0.25) is 0 Å². The number of aliphatic carboxylic acids is 1. The van der Waals surface area contributed by atoms with Crippen LogP contribution in [0.25, 0.3) is 0 Å². The Kier molecular flexibility index (Phi) is 8.29. The number of alkyl halides is 3. The zero-order valence-electron chi connectivity index (χ0n) is 21.0. The van der Waals surface area contributed by atoms with Crippen molar-refractivity contribution in [2.75, 3.05) is 22.1 Å². The number of carbonyl (C=O) groups is 2. The van der Waals surface area contributed by atoms with E-state index in [1.165, 1.54) is 0 Å². The number of carboxylic acids is 1. The van der Waals surface area contributed by atoms with Gasteiger partial charge >= 0.3 is 18.2 Å². The second kappa shape index (κ2) is 11.4. The molecule has 0 radical (unpaired) electrons. The summed E-state index contributed by atoms with van der Waals surface area (Å²) in [7, 11) is 0. The number of hydrogen-bond acceptors (Lipinski definition) is 3. The lowest BCUT2D eigenvalue weighted by Gasteiger charge is -2.37. The molecular formula is C28H34F3N3O3. The SMILES string of the molecule is Cc1ccc(NC(=O)Nc2cc(C3CC3C(=O)O)ccc2N(CCCC(F)(F)F)C2CCCCC2)cc1. The smallest absolute Gasteiger partial charge is 0.389 e. The van der Waals surface area contributed by atoms with Crippen molar-refractivity contribution < 1.29 is 27.9 Å². The first-order valence-corrected chi connectivity index (χ1v) is 13.0. The molecule has 4 rings (SSSR count). The minimum atomic E-state index is -4.23. The summed E-state index contributed by atoms with van der Waals surface area (Å²) in [6, 6.07) is 12.4. The lowest BCUT2D eigenvalue weighted by atomic mass is 9.93. The number of anilines is 3. The lowest BCUT2D eigenvalue weighted by Crippen LogP contribution is -2.38. The second-order valence-electron chi connectivity index (χ2n) is 10.2. The summed E-state index contributed by atoms with van der Waals surface area (Å²) >= 11 is 0. The maximum atomic E-state index is 13.0. The van der Waals surface area contributed by atoms with Crippen LogP contribution >= 0.6 is 0 Å². The number of amides is 2. The summed E-state index contributed by atoms with van der Waals surface area (Å²) in [6.07, 6.45) is 0.284. The van der Waals surface area contributed by atoms with Gasteiger partial charge in [-0.15, -0.1) is 0 Å². The van der Waals surface area contributed by atoms with Crippen molar-refractivity contribution in [3.63, 3.8) is 0 Å². The van der Waals surface area contributed by atoms with E-state index in [9.17, 15) is 27.9 Å². The Balaban J connectivity index is 1.61. The van der Waals surface area contributed by atoms with E-state index in [0.717, 1.165) is 43.2 Å². The summed E-state index contributed by atoms with van der Waals surface area (Å²) in [6.45, 7) is 2.17. The zero-order valence-corrected chi connectivity index (χ0v) is 21.0. The fraction of sp³-hybridized carbons (Fsp3) is 0.500. The maximum absolute atomic E-state index is 13.0. The first-order chi connectivity index (χ1) is 17.6. The van der Waals surface area contributed by atoms with Crippen LogP contribution in [0.15, 0.2) is 42.5 Å². The third-order valence-electron chi connectivity index (χ3n) is 7.30. The van der Waals surface area contributed by atoms with Gasteiger partial charge in [-0.2, -0.15) is 13.2 Å². The molecule has 2 atom stereocenters. The number of carbonyl (C=O) groups excluding carboxylic acids is 1. The number of aryl methyl sites for hydroxylation is 1. The van der Waals surface area contributed by atoms with Gasteiger partial charge in [0.2, 0.25) is 0 Å². The average molecular weight is 518 g/mol. The van der Waals surface area contributed by atoms with E-state index >= 15 is 0 Å². The molecule has 3 N–H and O–H groups in total. The molecule has 2 saturated carbocycles. The van der Waals surface area contributed by atoms with Crippen molar-refractivity contribution in [2.24, 2.45) is 5.92 Å². The number of halogens is 3. The fourth-order valence-corrected chi connectivity index (χ4v) is 5.24. The highest BCUT2D eigenvalue weighted by Crippen LogP contribution is 2.49. The molecular weight excluding hydrogens is 483 g/mol. The Bertz CT molecular complexity index is 1100. The van der Waals surface area contributed by atoms with Crippen LogP contribution in [-0.4, -0.2) is 35.9 Å². The highest BCUT2D eigenvalue weighted by atomic mass is 19.4. The number of nitrogens with zero attached hydrogens (tertiary/aromatic N) is 1. The van der Waals surface area contributed by atoms with E-state index in [2.05, 4.69) is 10.6 Å². The van der Waals surface area contributed by atoms with Gasteiger partial charge in [0.15, 0.2) is 0 Å². The molecule has 0 aliphatic heterocycles. The molecule has 2 fully saturated rings. The summed E-state index contributed by atoms with van der Waals surface area (Å²) in [4.78, 5) is 26.4. The standard InChI is InChI=1S/C28H34F3N3O3/c1-18-8-11-20(12-9-18)32-27(37)33-24-16-19(22-17-23(22)26(35)36)10-13-25(24)34(15-5-14-28(29,30)31)21-6-3-2-4-7-21/h8-13,16,21-23H,2-7,14-15,17H2,1H3,(H,35,36)(H2,32,33,37). The van der Waals surface area contributed by atoms with Gasteiger partial charge in [-0.3, -0.25) is 4.79 Å². The predicted octanol–water partition coefficient (Wildman–Crippen LogP) is 7.31. The third kappa shape index (κ3) is 7.40. The molecule has 0 spiro atoms. The van der Waals surface area contributed by atoms with E-state index in [4.69, 9.17) is 0 Å². The molecule has 6 nitrogen and oxygen atoms in total. The third-order valence-corrected chi connectivity index (χ3v) is 7.30. The molecule has 0 saturated heterocycles. The van der Waals surface area contributed by atoms with Gasteiger partial charge in [0.1, 0.15) is 0 Å². The van der Waals surface area contributed by atoms with Crippen molar-refractivity contribution >= 4 is 29.1 Å². The topological polar surface area (TPSA) is 81.7 Å². The van der Waals surface area contributed by atoms with E-state index < -0.39 is 30.5 Å². The van der Waals surface area contributed by atoms with Gasteiger partial charge in [-0.1, -0.05) is 43.0 Å². The van der Waals surface area contributed by atoms with E-state index in [1.54, 1.807) is 18.2 Å². The molecule has 2 aromatic carbocycles. The zero-order chi connectivity index (χ0) is 26.6. The summed E-state index contributed by atoms with van der Waals surface area (Å²) in [5, 5.41) is 15.1. The molecule has 37 heavy (non-hydrogen) atoms. The van der Waals surface area contributed by atoms with E-state index in [-0.39, 0.29) is 24.9 Å². The highest BCUT2D eigenvalue weighted by Gasteiger charge is 2.44. The second-order valence-corrected chi connectivity index (χ2v) is 10.2. The van der Waals surface area contributed by atoms with Crippen LogP contribution in [0.4, 0.5) is 35.0 Å². The Hall–Kier alpha value is -3.23. The van der Waals surface area contributed by atoms with Crippen molar-refractivity contribution in [3.05, 3.63) is 53.6 Å². The normalized spacial score (nSPS) is 19.8. The number of nitrogens with one attached hydrogen (secondary N) is 2. The van der Waals surface area contributed by atoms with Gasteiger partial charge in [0.25, 0.3) is 0 Å². The molecule has 2 amide bonds. The first-order valence-electron chi connectivity index (χ1n) is 13.0. The molecule has 2 aliphatic carbocycles. The van der Waals surface area contributed by atoms with E-state index in [0.29, 0.717) is 23.5 Å². The minimum Gasteiger partial charge on any atom is -0.481 e. The van der Waals surface area contributed by atoms with Crippen LogP contribution in [0.5, 0.6) is 0 Å². The van der Waals surface area contributed by atoms with Gasteiger partial charge in [0.05, 0.1) is 17.3 Å². The van der Waals surface area contributed by atoms with Gasteiger partial charge in [-0.05, 0) is 68.4 Å². The number of benzene rings is 2. The van der Waals surface area contributed by atoms with Crippen molar-refractivity contribution in [2.45, 2.75) is 76.4 Å². The summed E-state index contributed by atoms with van der Waals surface area (Å²) in [5.74, 6) is -1.45. The Labute approximate surface area is 215 Å². The van der Waals surface area contributed by atoms with Gasteiger partial charge in [-0.25, -0.2) is 4.79 Å². The Morgan fingerprint density at radius 3 is 2.35 bits per heavy atom. The average Bonchev–Trinajstić information content (AvgIpc) is 3.65. The lowest BCUT2D eigenvalue weighted by molar-refractivity contribution is -0.138. The van der Waals surface area contributed by atoms with Crippen LogP contribution in [0.1, 0.15) is 68.4 Å². The molecule has 9 heteroatoms. The van der Waals surface area contributed by atoms with Gasteiger partial charge < -0.3 is 20.6 Å². The molecule has 0 aromatic heterocycles. The van der Waals surface area contributed by atoms with E-state index in [1.807, 2.05) is 36.1 Å². The predicted molar refractivity (Wildman–Crippen MR) is 138 cm³/mol. The monoisotopic (exact) mass is 517 g/mol. The van der Waals surface area contributed by atoms with Crippen LogP contribution < -0.4 is 15.5 Å². The Morgan fingerprint density at radius 1 is 1.03 bits per heavy atom. The molecule has 200 valence electrons. The fourth-order valence-electron chi connectivity index (χ4n) is 5.24. The number of hydrogen-bond donors (Lipinski definition) is 3. The Morgan fingerprint density at radius 2 is 1.73 bits per heavy atom. The molecule has 2 aromatic rings. The summed E-state index contributed by atoms with van der Waals surface area (Å²) < 4.78 is 38.9. The number of urea groups is 1. The first kappa shape index (κ1) is 26.8. The number of rotatable bonds is 9. The van der Waals surface area contributed by atoms with Crippen LogP contribution in [0, 0.1) is 12.8 Å². The highest BCUT2D eigenvalue weighted by molar-refractivity contribution is 6.02. The van der Waals surface area contributed by atoms with Crippen LogP contribution in [0.3, 0.4) is 0 Å². The van der Waals surface area contributed by atoms with Crippen molar-refractivity contribution in [1.29, 1.82) is 0 Å². The quantitative estimate of drug-likeness (QED) is 0.326. The molecule has 2 unspecified atom stereocenters. The van der Waals surface area contributed by atoms with Crippen LogP contribution in [-0.2, 0) is 4.79 Å².